The van der Waals surface area contributed by atoms with E-state index in [4.69, 9.17) is 0 Å². The summed E-state index contributed by atoms with van der Waals surface area (Å²) in [5, 5.41) is 16.7. The Morgan fingerprint density at radius 2 is 1.77 bits per heavy atom. The molecule has 0 aliphatic carbocycles. The first kappa shape index (κ1) is 23.9. The normalized spacial score (nSPS) is 15.2. The summed E-state index contributed by atoms with van der Waals surface area (Å²) in [7, 11) is -4.47. The maximum atomic E-state index is 13.9. The van der Waals surface area contributed by atoms with Crippen molar-refractivity contribution in [3.8, 4) is 0 Å². The van der Waals surface area contributed by atoms with E-state index in [1.165, 1.54) is 25.1 Å². The second kappa shape index (κ2) is 9.55. The van der Waals surface area contributed by atoms with Gasteiger partial charge in [-0.15, -0.1) is 0 Å². The molecule has 0 fully saturated rings. The Labute approximate surface area is 201 Å². The standard InChI is InChI=1S/C24H22N4O6S/c1-16-11-12-18(28(31)32)13-22(16)35(33,34)27-20-10-6-5-9-19(20)26-24(30)21(27)14-23(29)25-15-17-7-3-2-4-8-17/h2-13,21H,14-15H2,1H3,(H,25,29)(H,26,30)/t21-/m1/s1. The molecule has 180 valence electrons. The molecular formula is C24H22N4O6S. The van der Waals surface area contributed by atoms with Gasteiger partial charge in [-0.2, -0.15) is 0 Å². The quantitative estimate of drug-likeness (QED) is 0.382. The highest BCUT2D eigenvalue weighted by molar-refractivity contribution is 7.93. The van der Waals surface area contributed by atoms with Gasteiger partial charge in [0.2, 0.25) is 11.8 Å². The highest BCUT2D eigenvalue weighted by atomic mass is 32.2. The van der Waals surface area contributed by atoms with Crippen LogP contribution < -0.4 is 14.9 Å². The van der Waals surface area contributed by atoms with Gasteiger partial charge in [0, 0.05) is 18.7 Å². The van der Waals surface area contributed by atoms with Crippen molar-refractivity contribution < 1.29 is 22.9 Å². The number of fused-ring (bicyclic) bond motifs is 1. The van der Waals surface area contributed by atoms with Gasteiger partial charge in [0.05, 0.1) is 27.6 Å². The second-order valence-corrected chi connectivity index (χ2v) is 9.78. The van der Waals surface area contributed by atoms with Crippen LogP contribution >= 0.6 is 0 Å². The fourth-order valence-electron chi connectivity index (χ4n) is 3.87. The van der Waals surface area contributed by atoms with Gasteiger partial charge in [0.1, 0.15) is 6.04 Å². The molecule has 1 aliphatic rings. The Morgan fingerprint density at radius 3 is 2.49 bits per heavy atom. The molecule has 1 heterocycles. The van der Waals surface area contributed by atoms with Crippen molar-refractivity contribution in [2.45, 2.75) is 30.8 Å². The zero-order valence-electron chi connectivity index (χ0n) is 18.7. The van der Waals surface area contributed by atoms with E-state index in [9.17, 15) is 28.1 Å². The van der Waals surface area contributed by atoms with E-state index >= 15 is 0 Å². The van der Waals surface area contributed by atoms with Crippen LogP contribution in [0.3, 0.4) is 0 Å². The number of hydrogen-bond acceptors (Lipinski definition) is 6. The minimum atomic E-state index is -4.47. The number of benzene rings is 3. The van der Waals surface area contributed by atoms with Crippen LogP contribution in [0.1, 0.15) is 17.5 Å². The van der Waals surface area contributed by atoms with Gasteiger partial charge in [-0.3, -0.25) is 24.0 Å². The summed E-state index contributed by atoms with van der Waals surface area (Å²) in [6, 6.07) is 17.5. The van der Waals surface area contributed by atoms with Gasteiger partial charge in [0.25, 0.3) is 15.7 Å². The van der Waals surface area contributed by atoms with E-state index in [2.05, 4.69) is 10.6 Å². The van der Waals surface area contributed by atoms with Crippen LogP contribution in [0.15, 0.2) is 77.7 Å². The lowest BCUT2D eigenvalue weighted by Gasteiger charge is -2.37. The van der Waals surface area contributed by atoms with Crippen molar-refractivity contribution in [1.82, 2.24) is 5.32 Å². The lowest BCUT2D eigenvalue weighted by Crippen LogP contribution is -2.52. The predicted molar refractivity (Wildman–Crippen MR) is 129 cm³/mol. The summed E-state index contributed by atoms with van der Waals surface area (Å²) in [6.07, 6.45) is -0.444. The average Bonchev–Trinajstić information content (AvgIpc) is 2.83. The highest BCUT2D eigenvalue weighted by Crippen LogP contribution is 2.38. The molecule has 1 atom stereocenters. The van der Waals surface area contributed by atoms with Gasteiger partial charge in [-0.05, 0) is 30.2 Å². The zero-order chi connectivity index (χ0) is 25.2. The second-order valence-electron chi connectivity index (χ2n) is 8.00. The Bertz CT molecular complexity index is 1410. The topological polar surface area (TPSA) is 139 Å². The molecule has 0 saturated carbocycles. The van der Waals surface area contributed by atoms with Crippen molar-refractivity contribution in [2.24, 2.45) is 0 Å². The molecule has 2 amide bonds. The maximum absolute atomic E-state index is 13.9. The highest BCUT2D eigenvalue weighted by Gasteiger charge is 2.42. The fourth-order valence-corrected chi connectivity index (χ4v) is 5.74. The minimum Gasteiger partial charge on any atom is -0.352 e. The lowest BCUT2D eigenvalue weighted by atomic mass is 10.1. The van der Waals surface area contributed by atoms with Gasteiger partial charge >= 0.3 is 0 Å². The minimum absolute atomic E-state index is 0.166. The van der Waals surface area contributed by atoms with E-state index < -0.39 is 44.9 Å². The first-order valence-electron chi connectivity index (χ1n) is 10.7. The Balaban J connectivity index is 1.72. The molecule has 35 heavy (non-hydrogen) atoms. The number of nitrogens with one attached hydrogen (secondary N) is 2. The number of para-hydroxylation sites is 2. The number of sulfonamides is 1. The summed E-state index contributed by atoms with van der Waals surface area (Å²) in [5.74, 6) is -1.20. The van der Waals surface area contributed by atoms with Crippen molar-refractivity contribution in [2.75, 3.05) is 9.62 Å². The molecule has 0 unspecified atom stereocenters. The number of nitro groups is 1. The van der Waals surface area contributed by atoms with E-state index in [1.807, 2.05) is 30.3 Å². The summed E-state index contributed by atoms with van der Waals surface area (Å²) >= 11 is 0. The van der Waals surface area contributed by atoms with Crippen LogP contribution in [0.5, 0.6) is 0 Å². The SMILES string of the molecule is Cc1ccc([N+](=O)[O-])cc1S(=O)(=O)N1c2ccccc2NC(=O)[C@H]1CC(=O)NCc1ccccc1. The number of carbonyl (C=O) groups is 2. The number of anilines is 2. The molecule has 1 aliphatic heterocycles. The molecule has 3 aromatic carbocycles. The zero-order valence-corrected chi connectivity index (χ0v) is 19.5. The van der Waals surface area contributed by atoms with E-state index in [0.717, 1.165) is 15.9 Å². The summed E-state index contributed by atoms with van der Waals surface area (Å²) in [4.78, 5) is 36.1. The maximum Gasteiger partial charge on any atom is 0.270 e. The van der Waals surface area contributed by atoms with E-state index in [1.54, 1.807) is 18.2 Å². The molecule has 0 spiro atoms. The molecule has 11 heteroatoms. The average molecular weight is 495 g/mol. The molecule has 10 nitrogen and oxygen atoms in total. The smallest absolute Gasteiger partial charge is 0.270 e. The van der Waals surface area contributed by atoms with Gasteiger partial charge in [-0.1, -0.05) is 48.5 Å². The predicted octanol–water partition coefficient (Wildman–Crippen LogP) is 3.13. The molecule has 0 saturated heterocycles. The van der Waals surface area contributed by atoms with Crippen molar-refractivity contribution in [1.29, 1.82) is 0 Å². The van der Waals surface area contributed by atoms with Crippen LogP contribution in [0.2, 0.25) is 0 Å². The number of amides is 2. The number of aryl methyl sites for hydroxylation is 1. The molecule has 0 radical (unpaired) electrons. The first-order chi connectivity index (χ1) is 16.7. The van der Waals surface area contributed by atoms with Crippen LogP contribution in [0, 0.1) is 17.0 Å². The Morgan fingerprint density at radius 1 is 1.09 bits per heavy atom. The van der Waals surface area contributed by atoms with Gasteiger partial charge in [0.15, 0.2) is 0 Å². The van der Waals surface area contributed by atoms with Crippen molar-refractivity contribution >= 4 is 38.9 Å². The molecule has 2 N–H and O–H groups in total. The third kappa shape index (κ3) is 4.85. The summed E-state index contributed by atoms with van der Waals surface area (Å²) in [6.45, 7) is 1.72. The first-order valence-corrected chi connectivity index (χ1v) is 12.1. The van der Waals surface area contributed by atoms with Gasteiger partial charge < -0.3 is 10.6 Å². The van der Waals surface area contributed by atoms with E-state index in [-0.39, 0.29) is 28.4 Å². The molecule has 4 rings (SSSR count). The number of nitrogens with zero attached hydrogens (tertiary/aromatic N) is 2. The molecule has 0 aromatic heterocycles. The van der Waals surface area contributed by atoms with Crippen LogP contribution in [-0.2, 0) is 26.2 Å². The third-order valence-electron chi connectivity index (χ3n) is 5.62. The van der Waals surface area contributed by atoms with Crippen LogP contribution in [-0.4, -0.2) is 31.2 Å². The summed E-state index contributed by atoms with van der Waals surface area (Å²) in [5.41, 5.74) is 1.13. The van der Waals surface area contributed by atoms with E-state index in [0.29, 0.717) is 0 Å². The van der Waals surface area contributed by atoms with Crippen molar-refractivity contribution in [3.05, 3.63) is 94.0 Å². The number of non-ortho nitro benzene ring substituents is 1. The molecule has 0 bridgehead atoms. The van der Waals surface area contributed by atoms with Crippen molar-refractivity contribution in [3.63, 3.8) is 0 Å². The third-order valence-corrected chi connectivity index (χ3v) is 7.58. The van der Waals surface area contributed by atoms with Gasteiger partial charge in [-0.25, -0.2) is 8.42 Å². The Kier molecular flexibility index (Phi) is 6.52. The number of nitro benzene ring substituents is 1. The fraction of sp³-hybridized carbons (Fsp3) is 0.167. The lowest BCUT2D eigenvalue weighted by molar-refractivity contribution is -0.385. The largest absolute Gasteiger partial charge is 0.352 e. The van der Waals surface area contributed by atoms with Crippen LogP contribution in [0.4, 0.5) is 17.1 Å². The molecule has 3 aromatic rings. The van der Waals surface area contributed by atoms with Crippen LogP contribution in [0.25, 0.3) is 0 Å². The number of carbonyl (C=O) groups excluding carboxylic acids is 2. The summed E-state index contributed by atoms with van der Waals surface area (Å²) < 4.78 is 28.6. The Hall–Kier alpha value is -4.25. The number of rotatable bonds is 7. The monoisotopic (exact) mass is 494 g/mol. The molecular weight excluding hydrogens is 472 g/mol. The number of hydrogen-bond donors (Lipinski definition) is 2.